The number of rotatable bonds is 2. The summed E-state index contributed by atoms with van der Waals surface area (Å²) < 4.78 is 10.2. The van der Waals surface area contributed by atoms with Crippen molar-refractivity contribution >= 4 is 11.5 Å². The third-order valence-corrected chi connectivity index (χ3v) is 3.69. The van der Waals surface area contributed by atoms with E-state index in [0.717, 1.165) is 18.7 Å². The number of aromatic nitrogens is 2. The molecule has 1 saturated carbocycles. The number of hydrogen-bond acceptors (Lipinski definition) is 5. The Hall–Kier alpha value is -0.680. The molecule has 5 heteroatoms. The van der Waals surface area contributed by atoms with E-state index in [1.807, 2.05) is 0 Å². The van der Waals surface area contributed by atoms with E-state index in [4.69, 9.17) is 10.5 Å². The Bertz CT molecular complexity index is 372. The van der Waals surface area contributed by atoms with Crippen LogP contribution in [0, 0.1) is 0 Å². The highest BCUT2D eigenvalue weighted by Crippen LogP contribution is 2.27. The van der Waals surface area contributed by atoms with Crippen molar-refractivity contribution in [2.24, 2.45) is 5.73 Å². The van der Waals surface area contributed by atoms with Gasteiger partial charge in [0.15, 0.2) is 5.82 Å². The second-order valence-electron chi connectivity index (χ2n) is 5.74. The molecule has 0 amide bonds. The molecule has 1 fully saturated rings. The average molecular weight is 255 g/mol. The van der Waals surface area contributed by atoms with Crippen LogP contribution < -0.4 is 10.5 Å². The number of hydrogen-bond donors (Lipinski definition) is 1. The van der Waals surface area contributed by atoms with E-state index in [9.17, 15) is 0 Å². The van der Waals surface area contributed by atoms with E-state index >= 15 is 0 Å². The molecule has 2 atom stereocenters. The highest BCUT2D eigenvalue weighted by Gasteiger charge is 2.26. The molecule has 0 saturated heterocycles. The molecule has 1 aliphatic carbocycles. The molecule has 1 aromatic rings. The van der Waals surface area contributed by atoms with Gasteiger partial charge in [-0.15, -0.1) is 0 Å². The Morgan fingerprint density at radius 3 is 2.59 bits per heavy atom. The normalized spacial score (nSPS) is 25.9. The monoisotopic (exact) mass is 255 g/mol. The maximum atomic E-state index is 6.05. The molecule has 0 bridgehead atoms. The molecule has 96 valence electrons. The van der Waals surface area contributed by atoms with Gasteiger partial charge in [-0.05, 0) is 19.3 Å². The summed E-state index contributed by atoms with van der Waals surface area (Å²) in [5.74, 6) is 0.849. The van der Waals surface area contributed by atoms with Crippen LogP contribution >= 0.6 is 11.5 Å². The summed E-state index contributed by atoms with van der Waals surface area (Å²) in [5, 5.41) is 0.664. The van der Waals surface area contributed by atoms with Gasteiger partial charge in [0.1, 0.15) is 6.10 Å². The summed E-state index contributed by atoms with van der Waals surface area (Å²) in [7, 11) is 0. The van der Waals surface area contributed by atoms with E-state index in [2.05, 4.69) is 30.1 Å². The molecule has 2 unspecified atom stereocenters. The zero-order valence-electron chi connectivity index (χ0n) is 10.8. The molecule has 0 aromatic carbocycles. The van der Waals surface area contributed by atoms with Crippen molar-refractivity contribution in [3.05, 3.63) is 5.82 Å². The summed E-state index contributed by atoms with van der Waals surface area (Å²) >= 11 is 1.33. The molecule has 1 aromatic heterocycles. The van der Waals surface area contributed by atoms with Crippen molar-refractivity contribution in [2.75, 3.05) is 0 Å². The lowest BCUT2D eigenvalue weighted by molar-refractivity contribution is 0.131. The third kappa shape index (κ3) is 3.16. The van der Waals surface area contributed by atoms with E-state index in [1.54, 1.807) is 0 Å². The molecule has 17 heavy (non-hydrogen) atoms. The molecular weight excluding hydrogens is 234 g/mol. The number of nitrogens with two attached hydrogens (primary N) is 1. The van der Waals surface area contributed by atoms with Crippen LogP contribution in [0.4, 0.5) is 0 Å². The van der Waals surface area contributed by atoms with Gasteiger partial charge in [-0.25, -0.2) is 0 Å². The van der Waals surface area contributed by atoms with Gasteiger partial charge < -0.3 is 10.5 Å². The molecule has 2 N–H and O–H groups in total. The summed E-state index contributed by atoms with van der Waals surface area (Å²) in [6, 6.07) is 0.144. The van der Waals surface area contributed by atoms with Crippen molar-refractivity contribution in [3.8, 4) is 5.19 Å². The van der Waals surface area contributed by atoms with E-state index in [0.29, 0.717) is 5.19 Å². The van der Waals surface area contributed by atoms with Crippen LogP contribution in [0.1, 0.15) is 52.3 Å². The summed E-state index contributed by atoms with van der Waals surface area (Å²) in [6.07, 6.45) is 4.61. The van der Waals surface area contributed by atoms with E-state index in [-0.39, 0.29) is 17.6 Å². The summed E-state index contributed by atoms with van der Waals surface area (Å²) in [4.78, 5) is 4.44. The maximum Gasteiger partial charge on any atom is 0.293 e. The smallest absolute Gasteiger partial charge is 0.293 e. The van der Waals surface area contributed by atoms with Gasteiger partial charge in [0.25, 0.3) is 5.19 Å². The van der Waals surface area contributed by atoms with Crippen LogP contribution in [0.15, 0.2) is 0 Å². The first-order valence-corrected chi connectivity index (χ1v) is 7.00. The van der Waals surface area contributed by atoms with Gasteiger partial charge in [-0.3, -0.25) is 0 Å². The van der Waals surface area contributed by atoms with E-state index < -0.39 is 0 Å². The second kappa shape index (κ2) is 4.90. The van der Waals surface area contributed by atoms with E-state index in [1.165, 1.54) is 24.4 Å². The Morgan fingerprint density at radius 1 is 1.29 bits per heavy atom. The van der Waals surface area contributed by atoms with Crippen LogP contribution in [0.25, 0.3) is 0 Å². The van der Waals surface area contributed by atoms with Crippen LogP contribution in [-0.4, -0.2) is 21.5 Å². The second-order valence-corrected chi connectivity index (χ2v) is 6.45. The van der Waals surface area contributed by atoms with Crippen molar-refractivity contribution in [3.63, 3.8) is 0 Å². The third-order valence-electron chi connectivity index (χ3n) is 3.08. The minimum atomic E-state index is -0.0210. The zero-order chi connectivity index (χ0) is 12.5. The lowest BCUT2D eigenvalue weighted by atomic mass is 9.93. The average Bonchev–Trinajstić information content (AvgIpc) is 2.69. The number of ether oxygens (including phenoxy) is 1. The molecule has 1 heterocycles. The number of nitrogens with zero attached hydrogens (tertiary/aromatic N) is 2. The van der Waals surface area contributed by atoms with Gasteiger partial charge in [-0.2, -0.15) is 9.36 Å². The minimum Gasteiger partial charge on any atom is -0.464 e. The topological polar surface area (TPSA) is 61.0 Å². The quantitative estimate of drug-likeness (QED) is 0.882. The first-order valence-electron chi connectivity index (χ1n) is 6.23. The van der Waals surface area contributed by atoms with Crippen molar-refractivity contribution in [1.82, 2.24) is 9.36 Å². The van der Waals surface area contributed by atoms with Gasteiger partial charge in [-0.1, -0.05) is 27.2 Å². The van der Waals surface area contributed by atoms with Gasteiger partial charge >= 0.3 is 0 Å². The Balaban J connectivity index is 2.01. The predicted molar refractivity (Wildman–Crippen MR) is 69.5 cm³/mol. The fourth-order valence-electron chi connectivity index (χ4n) is 1.96. The van der Waals surface area contributed by atoms with Gasteiger partial charge in [0, 0.05) is 23.0 Å². The molecule has 0 aliphatic heterocycles. The Kier molecular flexibility index (Phi) is 3.68. The van der Waals surface area contributed by atoms with Crippen molar-refractivity contribution < 1.29 is 4.74 Å². The molecule has 0 radical (unpaired) electrons. The van der Waals surface area contributed by atoms with Crippen molar-refractivity contribution in [2.45, 2.75) is 64.0 Å². The SMILES string of the molecule is CC(C)(C)c1nsc(OC2CCCCC2N)n1. The molecule has 2 rings (SSSR count). The molecule has 1 aliphatic rings. The maximum absolute atomic E-state index is 6.05. The highest BCUT2D eigenvalue weighted by atomic mass is 32.1. The Labute approximate surface area is 107 Å². The van der Waals surface area contributed by atoms with Crippen LogP contribution in [0.3, 0.4) is 0 Å². The standard InChI is InChI=1S/C12H21N3OS/c1-12(2,3)10-14-11(17-15-10)16-9-7-5-4-6-8(9)13/h8-9H,4-7,13H2,1-3H3. The molecular formula is C12H21N3OS. The van der Waals surface area contributed by atoms with Crippen LogP contribution in [0.5, 0.6) is 5.19 Å². The lowest BCUT2D eigenvalue weighted by Gasteiger charge is -2.27. The molecule has 0 spiro atoms. The Morgan fingerprint density at radius 2 is 2.00 bits per heavy atom. The summed E-state index contributed by atoms with van der Waals surface area (Å²) in [6.45, 7) is 6.31. The largest absolute Gasteiger partial charge is 0.464 e. The van der Waals surface area contributed by atoms with Gasteiger partial charge in [0.05, 0.1) is 0 Å². The zero-order valence-corrected chi connectivity index (χ0v) is 11.6. The summed E-state index contributed by atoms with van der Waals surface area (Å²) in [5.41, 5.74) is 6.03. The predicted octanol–water partition coefficient (Wildman–Crippen LogP) is 2.48. The van der Waals surface area contributed by atoms with Crippen LogP contribution in [0.2, 0.25) is 0 Å². The first-order chi connectivity index (χ1) is 7.97. The lowest BCUT2D eigenvalue weighted by Crippen LogP contribution is -2.41. The fraction of sp³-hybridized carbons (Fsp3) is 0.833. The minimum absolute atomic E-state index is 0.0210. The van der Waals surface area contributed by atoms with Crippen molar-refractivity contribution in [1.29, 1.82) is 0 Å². The molecule has 4 nitrogen and oxygen atoms in total. The van der Waals surface area contributed by atoms with Gasteiger partial charge in [0.2, 0.25) is 0 Å². The fourth-order valence-corrected chi connectivity index (χ4v) is 2.74. The first kappa shape index (κ1) is 12.8. The highest BCUT2D eigenvalue weighted by molar-refractivity contribution is 7.07. The van der Waals surface area contributed by atoms with Crippen LogP contribution in [-0.2, 0) is 5.41 Å².